The number of hydrogen-bond acceptors (Lipinski definition) is 4. The van der Waals surface area contributed by atoms with Crippen molar-refractivity contribution < 1.29 is 18.0 Å². The van der Waals surface area contributed by atoms with Crippen LogP contribution in [0.25, 0.3) is 0 Å². The lowest BCUT2D eigenvalue weighted by molar-refractivity contribution is -0.139. The molecule has 0 radical (unpaired) electrons. The summed E-state index contributed by atoms with van der Waals surface area (Å²) in [5, 5.41) is 2.77. The first-order valence-electron chi connectivity index (χ1n) is 12.9. The van der Waals surface area contributed by atoms with Gasteiger partial charge in [0.15, 0.2) is 0 Å². The molecule has 0 aliphatic carbocycles. The van der Waals surface area contributed by atoms with Gasteiger partial charge in [0.2, 0.25) is 11.8 Å². The summed E-state index contributed by atoms with van der Waals surface area (Å²) in [7, 11) is -4.09. The number of sulfonamides is 1. The lowest BCUT2D eigenvalue weighted by atomic mass is 10.0. The topological polar surface area (TPSA) is 86.8 Å². The maximum Gasteiger partial charge on any atom is 0.264 e. The number of carbonyl (C=O) groups is 2. The van der Waals surface area contributed by atoms with Crippen molar-refractivity contribution in [2.45, 2.75) is 58.0 Å². The smallest absolute Gasteiger partial charge is 0.264 e. The summed E-state index contributed by atoms with van der Waals surface area (Å²) in [6.07, 6.45) is 0. The van der Waals surface area contributed by atoms with Gasteiger partial charge in [0.1, 0.15) is 12.6 Å². The number of anilines is 1. The molecule has 1 N–H and O–H groups in total. The SMILES string of the molecule is CCNC(=O)C(C)N(Cc1cccc(Br)c1)C(=O)CN(c1ccc(C(C)C)cc1)S(=O)(=O)c1ccc(C)cc1. The molecule has 0 spiro atoms. The van der Waals surface area contributed by atoms with E-state index < -0.39 is 28.5 Å². The normalized spacial score (nSPS) is 12.2. The molecule has 0 fully saturated rings. The number of hydrogen-bond donors (Lipinski definition) is 1. The van der Waals surface area contributed by atoms with Gasteiger partial charge in [-0.3, -0.25) is 13.9 Å². The van der Waals surface area contributed by atoms with E-state index in [9.17, 15) is 18.0 Å². The summed E-state index contributed by atoms with van der Waals surface area (Å²) in [5.41, 5.74) is 3.16. The van der Waals surface area contributed by atoms with Crippen molar-refractivity contribution in [2.24, 2.45) is 0 Å². The Morgan fingerprint density at radius 2 is 1.59 bits per heavy atom. The molecule has 0 saturated heterocycles. The highest BCUT2D eigenvalue weighted by Crippen LogP contribution is 2.27. The van der Waals surface area contributed by atoms with E-state index in [-0.39, 0.29) is 23.3 Å². The summed E-state index contributed by atoms with van der Waals surface area (Å²) in [6.45, 7) is 9.54. The Bertz CT molecular complexity index is 1390. The van der Waals surface area contributed by atoms with Crippen molar-refractivity contribution in [3.63, 3.8) is 0 Å². The van der Waals surface area contributed by atoms with Crippen molar-refractivity contribution in [3.05, 3.63) is 94.0 Å². The van der Waals surface area contributed by atoms with Crippen LogP contribution in [0.2, 0.25) is 0 Å². The molecule has 0 bridgehead atoms. The molecule has 3 aromatic rings. The predicted molar refractivity (Wildman–Crippen MR) is 159 cm³/mol. The first-order valence-corrected chi connectivity index (χ1v) is 15.2. The molecule has 2 amide bonds. The highest BCUT2D eigenvalue weighted by atomic mass is 79.9. The van der Waals surface area contributed by atoms with E-state index in [0.717, 1.165) is 25.5 Å². The van der Waals surface area contributed by atoms with E-state index in [4.69, 9.17) is 0 Å². The molecule has 7 nitrogen and oxygen atoms in total. The fourth-order valence-corrected chi connectivity index (χ4v) is 5.99. The molecule has 0 aliphatic rings. The maximum absolute atomic E-state index is 13.9. The second-order valence-corrected chi connectivity index (χ2v) is 12.6. The highest BCUT2D eigenvalue weighted by molar-refractivity contribution is 9.10. The number of halogens is 1. The third-order valence-electron chi connectivity index (χ3n) is 6.50. The zero-order chi connectivity index (χ0) is 28.7. The third-order valence-corrected chi connectivity index (χ3v) is 8.78. The van der Waals surface area contributed by atoms with Gasteiger partial charge >= 0.3 is 0 Å². The minimum Gasteiger partial charge on any atom is -0.355 e. The summed E-state index contributed by atoms with van der Waals surface area (Å²) >= 11 is 3.45. The summed E-state index contributed by atoms with van der Waals surface area (Å²) in [5.74, 6) is -0.533. The zero-order valence-electron chi connectivity index (χ0n) is 23.0. The van der Waals surface area contributed by atoms with Crippen LogP contribution in [0.4, 0.5) is 5.69 Å². The van der Waals surface area contributed by atoms with Crippen LogP contribution < -0.4 is 9.62 Å². The average molecular weight is 615 g/mol. The van der Waals surface area contributed by atoms with Gasteiger partial charge in [0.05, 0.1) is 10.6 Å². The van der Waals surface area contributed by atoms with Crippen LogP contribution in [-0.4, -0.2) is 44.3 Å². The fourth-order valence-electron chi connectivity index (χ4n) is 4.13. The summed E-state index contributed by atoms with van der Waals surface area (Å²) in [4.78, 5) is 28.2. The molecule has 208 valence electrons. The van der Waals surface area contributed by atoms with E-state index >= 15 is 0 Å². The van der Waals surface area contributed by atoms with Gasteiger partial charge in [-0.2, -0.15) is 0 Å². The summed E-state index contributed by atoms with van der Waals surface area (Å²) < 4.78 is 29.8. The van der Waals surface area contributed by atoms with Crippen molar-refractivity contribution in [3.8, 4) is 0 Å². The fraction of sp³-hybridized carbons (Fsp3) is 0.333. The molecule has 39 heavy (non-hydrogen) atoms. The van der Waals surface area contributed by atoms with Gasteiger partial charge in [-0.05, 0) is 74.2 Å². The second-order valence-electron chi connectivity index (χ2n) is 9.79. The Kier molecular flexibility index (Phi) is 10.3. The number of nitrogens with one attached hydrogen (secondary N) is 1. The number of likely N-dealkylation sites (N-methyl/N-ethyl adjacent to an activating group) is 1. The number of nitrogens with zero attached hydrogens (tertiary/aromatic N) is 2. The van der Waals surface area contributed by atoms with Gasteiger partial charge in [0.25, 0.3) is 10.0 Å². The Balaban J connectivity index is 2.04. The first kappa shape index (κ1) is 30.4. The van der Waals surface area contributed by atoms with E-state index in [1.165, 1.54) is 4.90 Å². The van der Waals surface area contributed by atoms with E-state index in [1.54, 1.807) is 43.3 Å². The average Bonchev–Trinajstić information content (AvgIpc) is 2.90. The summed E-state index contributed by atoms with van der Waals surface area (Å²) in [6, 6.07) is 20.4. The number of aryl methyl sites for hydroxylation is 1. The van der Waals surface area contributed by atoms with Crippen LogP contribution in [0, 0.1) is 6.92 Å². The number of carbonyl (C=O) groups excluding carboxylic acids is 2. The van der Waals surface area contributed by atoms with Gasteiger partial charge < -0.3 is 10.2 Å². The molecule has 3 rings (SSSR count). The molecule has 1 atom stereocenters. The van der Waals surface area contributed by atoms with Crippen molar-refractivity contribution in [1.29, 1.82) is 0 Å². The molecule has 0 heterocycles. The number of rotatable bonds is 11. The monoisotopic (exact) mass is 613 g/mol. The lowest BCUT2D eigenvalue weighted by Crippen LogP contribution is -2.51. The van der Waals surface area contributed by atoms with Crippen molar-refractivity contribution >= 4 is 43.5 Å². The van der Waals surface area contributed by atoms with Gasteiger partial charge in [-0.1, -0.05) is 71.7 Å². The van der Waals surface area contributed by atoms with Gasteiger partial charge in [-0.15, -0.1) is 0 Å². The minimum absolute atomic E-state index is 0.0872. The third kappa shape index (κ3) is 7.70. The molecule has 0 aliphatic heterocycles. The van der Waals surface area contributed by atoms with Crippen LogP contribution in [0.15, 0.2) is 82.2 Å². The molecule has 0 aromatic heterocycles. The molecular formula is C30H36BrN3O4S. The Morgan fingerprint density at radius 3 is 2.15 bits per heavy atom. The number of amides is 2. The predicted octanol–water partition coefficient (Wildman–Crippen LogP) is 5.63. The van der Waals surface area contributed by atoms with Crippen LogP contribution in [0.3, 0.4) is 0 Å². The van der Waals surface area contributed by atoms with E-state index in [0.29, 0.717) is 12.2 Å². The first-order chi connectivity index (χ1) is 18.4. The van der Waals surface area contributed by atoms with Crippen LogP contribution in [-0.2, 0) is 26.2 Å². The highest BCUT2D eigenvalue weighted by Gasteiger charge is 2.32. The van der Waals surface area contributed by atoms with Gasteiger partial charge in [-0.25, -0.2) is 8.42 Å². The molecular weight excluding hydrogens is 578 g/mol. The van der Waals surface area contributed by atoms with Crippen molar-refractivity contribution in [1.82, 2.24) is 10.2 Å². The second kappa shape index (κ2) is 13.3. The Hall–Kier alpha value is -3.17. The molecule has 1 unspecified atom stereocenters. The van der Waals surface area contributed by atoms with Crippen LogP contribution in [0.5, 0.6) is 0 Å². The minimum atomic E-state index is -4.09. The van der Waals surface area contributed by atoms with E-state index in [1.807, 2.05) is 50.2 Å². The van der Waals surface area contributed by atoms with Crippen molar-refractivity contribution in [2.75, 3.05) is 17.4 Å². The maximum atomic E-state index is 13.9. The quantitative estimate of drug-likeness (QED) is 0.304. The van der Waals surface area contributed by atoms with E-state index in [2.05, 4.69) is 35.1 Å². The Labute approximate surface area is 240 Å². The van der Waals surface area contributed by atoms with Crippen LogP contribution in [0.1, 0.15) is 50.3 Å². The number of benzene rings is 3. The molecule has 9 heteroatoms. The molecule has 3 aromatic carbocycles. The lowest BCUT2D eigenvalue weighted by Gasteiger charge is -2.32. The molecule has 0 saturated carbocycles. The Morgan fingerprint density at radius 1 is 0.949 bits per heavy atom. The van der Waals surface area contributed by atoms with Crippen LogP contribution >= 0.6 is 15.9 Å². The largest absolute Gasteiger partial charge is 0.355 e. The van der Waals surface area contributed by atoms with Gasteiger partial charge in [0, 0.05) is 17.6 Å². The standard InChI is InChI=1S/C30H36BrN3O4S/c1-6-32-30(36)23(5)33(19-24-8-7-9-26(31)18-24)29(35)20-34(27-14-12-25(13-15-27)21(2)3)39(37,38)28-16-10-22(4)11-17-28/h7-18,21,23H,6,19-20H2,1-5H3,(H,32,36). The zero-order valence-corrected chi connectivity index (χ0v) is 25.4.